The number of nitrogens with zero attached hydrogens (tertiary/aromatic N) is 1. The molecule has 19 heavy (non-hydrogen) atoms. The summed E-state index contributed by atoms with van der Waals surface area (Å²) in [5, 5.41) is 11.4. The van der Waals surface area contributed by atoms with Crippen molar-refractivity contribution in [3.8, 4) is 0 Å². The monoisotopic (exact) mass is 268 g/mol. The van der Waals surface area contributed by atoms with Gasteiger partial charge in [-0.15, -0.1) is 0 Å². The molecule has 0 saturated carbocycles. The minimum atomic E-state index is -0.897. The maximum atomic E-state index is 12.7. The number of aliphatic carboxylic acids is 1. The van der Waals surface area contributed by atoms with Gasteiger partial charge in [-0.1, -0.05) is 6.92 Å². The van der Waals surface area contributed by atoms with E-state index in [2.05, 4.69) is 5.32 Å². The largest absolute Gasteiger partial charge is 0.481 e. The number of rotatable bonds is 6. The minimum Gasteiger partial charge on any atom is -0.481 e. The lowest BCUT2D eigenvalue weighted by Gasteiger charge is -2.18. The quantitative estimate of drug-likeness (QED) is 0.818. The summed E-state index contributed by atoms with van der Waals surface area (Å²) in [5.74, 6) is -2.08. The van der Waals surface area contributed by atoms with Gasteiger partial charge in [0.15, 0.2) is 0 Å². The van der Waals surface area contributed by atoms with E-state index in [1.54, 1.807) is 18.9 Å². The van der Waals surface area contributed by atoms with Gasteiger partial charge in [-0.05, 0) is 31.3 Å². The second-order valence-corrected chi connectivity index (χ2v) is 4.49. The first-order valence-corrected chi connectivity index (χ1v) is 5.85. The highest BCUT2D eigenvalue weighted by molar-refractivity contribution is 5.92. The maximum Gasteiger partial charge on any atom is 0.307 e. The first-order chi connectivity index (χ1) is 8.88. The predicted molar refractivity (Wildman–Crippen MR) is 69.3 cm³/mol. The fraction of sp³-hybridized carbons (Fsp3) is 0.385. The Morgan fingerprint density at radius 2 is 1.95 bits per heavy atom. The van der Waals surface area contributed by atoms with Crippen molar-refractivity contribution in [1.29, 1.82) is 0 Å². The lowest BCUT2D eigenvalue weighted by atomic mass is 10.2. The Labute approximate surface area is 111 Å². The molecule has 2 N–H and O–H groups in total. The van der Waals surface area contributed by atoms with E-state index in [-0.39, 0.29) is 24.8 Å². The average Bonchev–Trinajstić information content (AvgIpc) is 2.31. The van der Waals surface area contributed by atoms with Crippen molar-refractivity contribution < 1.29 is 19.1 Å². The summed E-state index contributed by atoms with van der Waals surface area (Å²) in [6.45, 7) is 1.94. The number of anilines is 1. The van der Waals surface area contributed by atoms with Gasteiger partial charge in [-0.2, -0.15) is 0 Å². The standard InChI is InChI=1S/C13H17FN2O3/c1-9(13(18)19)7-16(2)8-12(17)15-11-5-3-10(14)4-6-11/h3-6,9H,7-8H2,1-2H3,(H,15,17)(H,18,19). The summed E-state index contributed by atoms with van der Waals surface area (Å²) in [5.41, 5.74) is 0.506. The van der Waals surface area contributed by atoms with Crippen molar-refractivity contribution in [2.24, 2.45) is 5.92 Å². The zero-order valence-electron chi connectivity index (χ0n) is 10.9. The van der Waals surface area contributed by atoms with Gasteiger partial charge in [-0.25, -0.2) is 4.39 Å². The highest BCUT2D eigenvalue weighted by atomic mass is 19.1. The number of carboxylic acids is 1. The molecule has 0 bridgehead atoms. The molecule has 0 aliphatic heterocycles. The Bertz CT molecular complexity index is 448. The van der Waals surface area contributed by atoms with Crippen LogP contribution in [0.4, 0.5) is 10.1 Å². The summed E-state index contributed by atoms with van der Waals surface area (Å²) >= 11 is 0. The van der Waals surface area contributed by atoms with Gasteiger partial charge < -0.3 is 10.4 Å². The van der Waals surface area contributed by atoms with Gasteiger partial charge in [0.25, 0.3) is 0 Å². The topological polar surface area (TPSA) is 69.6 Å². The van der Waals surface area contributed by atoms with E-state index in [0.29, 0.717) is 5.69 Å². The predicted octanol–water partition coefficient (Wildman–Crippen LogP) is 1.42. The van der Waals surface area contributed by atoms with Crippen molar-refractivity contribution >= 4 is 17.6 Å². The third-order valence-corrected chi connectivity index (χ3v) is 2.55. The molecule has 1 unspecified atom stereocenters. The number of hydrogen-bond donors (Lipinski definition) is 2. The Hall–Kier alpha value is -1.95. The SMILES string of the molecule is CC(CN(C)CC(=O)Nc1ccc(F)cc1)C(=O)O. The van der Waals surface area contributed by atoms with E-state index in [0.717, 1.165) is 0 Å². The molecule has 0 heterocycles. The summed E-state index contributed by atoms with van der Waals surface area (Å²) in [7, 11) is 1.67. The molecule has 1 amide bonds. The fourth-order valence-electron chi connectivity index (χ4n) is 1.59. The highest BCUT2D eigenvalue weighted by Crippen LogP contribution is 2.08. The first kappa shape index (κ1) is 15.1. The van der Waals surface area contributed by atoms with Crippen LogP contribution < -0.4 is 5.32 Å². The smallest absolute Gasteiger partial charge is 0.307 e. The number of carbonyl (C=O) groups is 2. The van der Waals surface area contributed by atoms with Crippen LogP contribution in [0.15, 0.2) is 24.3 Å². The third-order valence-electron chi connectivity index (χ3n) is 2.55. The fourth-order valence-corrected chi connectivity index (χ4v) is 1.59. The Balaban J connectivity index is 2.42. The van der Waals surface area contributed by atoms with Gasteiger partial charge in [0.05, 0.1) is 12.5 Å². The van der Waals surface area contributed by atoms with Gasteiger partial charge in [-0.3, -0.25) is 14.5 Å². The van der Waals surface area contributed by atoms with Crippen LogP contribution in [0.25, 0.3) is 0 Å². The summed E-state index contributed by atoms with van der Waals surface area (Å²) < 4.78 is 12.7. The normalized spacial score (nSPS) is 12.2. The minimum absolute atomic E-state index is 0.0784. The molecule has 1 aromatic carbocycles. The average molecular weight is 268 g/mol. The number of carboxylic acid groups (broad SMARTS) is 1. The molecule has 0 aliphatic carbocycles. The number of halogens is 1. The molecule has 1 atom stereocenters. The lowest BCUT2D eigenvalue weighted by molar-refractivity contribution is -0.141. The van der Waals surface area contributed by atoms with Gasteiger partial charge >= 0.3 is 5.97 Å². The van der Waals surface area contributed by atoms with Crippen LogP contribution >= 0.6 is 0 Å². The van der Waals surface area contributed by atoms with Crippen molar-refractivity contribution in [3.05, 3.63) is 30.1 Å². The van der Waals surface area contributed by atoms with Crippen LogP contribution in [-0.4, -0.2) is 42.0 Å². The van der Waals surface area contributed by atoms with Crippen LogP contribution in [0.1, 0.15) is 6.92 Å². The number of hydrogen-bond acceptors (Lipinski definition) is 3. The summed E-state index contributed by atoms with van der Waals surface area (Å²) in [4.78, 5) is 24.0. The Morgan fingerprint density at radius 3 is 2.47 bits per heavy atom. The highest BCUT2D eigenvalue weighted by Gasteiger charge is 2.15. The number of likely N-dealkylation sites (N-methyl/N-ethyl adjacent to an activating group) is 1. The molecular weight excluding hydrogens is 251 g/mol. The van der Waals surface area contributed by atoms with Gasteiger partial charge in [0.2, 0.25) is 5.91 Å². The van der Waals surface area contributed by atoms with Crippen molar-refractivity contribution in [2.45, 2.75) is 6.92 Å². The third kappa shape index (κ3) is 5.48. The molecule has 0 fully saturated rings. The molecule has 0 saturated heterocycles. The van der Waals surface area contributed by atoms with E-state index < -0.39 is 11.9 Å². The molecule has 0 aliphatic rings. The molecule has 0 radical (unpaired) electrons. The van der Waals surface area contributed by atoms with Crippen molar-refractivity contribution in [1.82, 2.24) is 4.90 Å². The molecule has 0 spiro atoms. The van der Waals surface area contributed by atoms with Crippen molar-refractivity contribution in [3.63, 3.8) is 0 Å². The van der Waals surface area contributed by atoms with E-state index in [1.165, 1.54) is 24.3 Å². The van der Waals surface area contributed by atoms with Crippen LogP contribution in [0.5, 0.6) is 0 Å². The lowest BCUT2D eigenvalue weighted by Crippen LogP contribution is -2.35. The number of carbonyl (C=O) groups excluding carboxylic acids is 1. The molecule has 6 heteroatoms. The van der Waals surface area contributed by atoms with Crippen LogP contribution in [0, 0.1) is 11.7 Å². The van der Waals surface area contributed by atoms with Gasteiger partial charge in [0.1, 0.15) is 5.82 Å². The molecule has 0 aromatic heterocycles. The molecule has 104 valence electrons. The Morgan fingerprint density at radius 1 is 1.37 bits per heavy atom. The maximum absolute atomic E-state index is 12.7. The number of benzene rings is 1. The van der Waals surface area contributed by atoms with Crippen LogP contribution in [-0.2, 0) is 9.59 Å². The number of amides is 1. The first-order valence-electron chi connectivity index (χ1n) is 5.85. The zero-order chi connectivity index (χ0) is 14.4. The summed E-state index contributed by atoms with van der Waals surface area (Å²) in [6, 6.07) is 5.44. The second kappa shape index (κ2) is 6.84. The molecular formula is C13H17FN2O3. The summed E-state index contributed by atoms with van der Waals surface area (Å²) in [6.07, 6.45) is 0. The van der Waals surface area contributed by atoms with E-state index in [1.807, 2.05) is 0 Å². The Kier molecular flexibility index (Phi) is 5.44. The van der Waals surface area contributed by atoms with Crippen LogP contribution in [0.2, 0.25) is 0 Å². The second-order valence-electron chi connectivity index (χ2n) is 4.49. The molecule has 1 aromatic rings. The van der Waals surface area contributed by atoms with E-state index >= 15 is 0 Å². The zero-order valence-corrected chi connectivity index (χ0v) is 10.9. The number of nitrogens with one attached hydrogen (secondary N) is 1. The van der Waals surface area contributed by atoms with Crippen LogP contribution in [0.3, 0.4) is 0 Å². The van der Waals surface area contributed by atoms with Crippen molar-refractivity contribution in [2.75, 3.05) is 25.5 Å². The van der Waals surface area contributed by atoms with E-state index in [4.69, 9.17) is 5.11 Å². The molecule has 1 rings (SSSR count). The van der Waals surface area contributed by atoms with Gasteiger partial charge in [0, 0.05) is 12.2 Å². The van der Waals surface area contributed by atoms with E-state index in [9.17, 15) is 14.0 Å². The molecule has 5 nitrogen and oxygen atoms in total.